The van der Waals surface area contributed by atoms with E-state index in [1.54, 1.807) is 0 Å². The van der Waals surface area contributed by atoms with Crippen LogP contribution < -0.4 is 0 Å². The summed E-state index contributed by atoms with van der Waals surface area (Å²) in [6.45, 7) is 1.35. The molecule has 2 heterocycles. The Bertz CT molecular complexity index is 287. The molecule has 0 aromatic carbocycles. The van der Waals surface area contributed by atoms with Crippen LogP contribution in [-0.2, 0) is 9.47 Å². The predicted octanol–water partition coefficient (Wildman–Crippen LogP) is -4.78. The fraction of sp³-hybridized carbons (Fsp3) is 1.00. The lowest BCUT2D eigenvalue weighted by atomic mass is 10.0. The van der Waals surface area contributed by atoms with Crippen molar-refractivity contribution in [3.63, 3.8) is 0 Å². The molecule has 0 radical (unpaired) electrons. The Labute approximate surface area is 120 Å². The molecule has 9 atom stereocenters. The highest BCUT2D eigenvalue weighted by Gasteiger charge is 2.40. The molecule has 2 aliphatic rings. The monoisotopic (exact) mass is 314 g/mol. The molecule has 8 N–H and O–H groups in total. The number of ether oxygens (including phenoxy) is 2. The van der Waals surface area contributed by atoms with Crippen LogP contribution in [0.1, 0.15) is 6.92 Å². The highest BCUT2D eigenvalue weighted by atomic mass is 16.6. The number of aliphatic hydroxyl groups is 8. The standard InChI is InChI=1S/C6H12O5.C5H10O5/c1-2-3(7)4(8)5(9)6(10)11-2;6-2-1-10-5(9)4(8)3(2)7/h2-10H,1H3;2-9H,1H2/t2-,3-,4+,5+,6+;2-,3+,4-,5?/m01/s1. The topological polar surface area (TPSA) is 180 Å². The first kappa shape index (κ1) is 18.6. The largest absolute Gasteiger partial charge is 0.388 e. The zero-order valence-corrected chi connectivity index (χ0v) is 11.3. The molecule has 2 rings (SSSR count). The maximum absolute atomic E-state index is 9.09. The number of rotatable bonds is 0. The van der Waals surface area contributed by atoms with Crippen LogP contribution in [0, 0.1) is 0 Å². The van der Waals surface area contributed by atoms with Crippen molar-refractivity contribution in [2.24, 2.45) is 0 Å². The first-order chi connectivity index (χ1) is 9.66. The molecular weight excluding hydrogens is 292 g/mol. The zero-order valence-electron chi connectivity index (χ0n) is 11.3. The minimum Gasteiger partial charge on any atom is -0.388 e. The van der Waals surface area contributed by atoms with Crippen molar-refractivity contribution < 1.29 is 50.3 Å². The minimum atomic E-state index is -1.43. The molecule has 2 aliphatic heterocycles. The molecule has 0 aliphatic carbocycles. The van der Waals surface area contributed by atoms with Crippen molar-refractivity contribution in [1.29, 1.82) is 0 Å². The quantitative estimate of drug-likeness (QED) is 0.216. The first-order valence-electron chi connectivity index (χ1n) is 6.38. The molecule has 0 bridgehead atoms. The van der Waals surface area contributed by atoms with Crippen molar-refractivity contribution in [3.05, 3.63) is 0 Å². The van der Waals surface area contributed by atoms with Gasteiger partial charge in [0.05, 0.1) is 12.7 Å². The molecule has 10 heteroatoms. The van der Waals surface area contributed by atoms with Gasteiger partial charge in [-0.2, -0.15) is 0 Å². The van der Waals surface area contributed by atoms with E-state index >= 15 is 0 Å². The van der Waals surface area contributed by atoms with Crippen molar-refractivity contribution in [3.8, 4) is 0 Å². The summed E-state index contributed by atoms with van der Waals surface area (Å²) < 4.78 is 9.14. The summed E-state index contributed by atoms with van der Waals surface area (Å²) >= 11 is 0. The Morgan fingerprint density at radius 1 is 0.667 bits per heavy atom. The van der Waals surface area contributed by atoms with E-state index in [9.17, 15) is 0 Å². The van der Waals surface area contributed by atoms with Gasteiger partial charge in [0.1, 0.15) is 36.6 Å². The van der Waals surface area contributed by atoms with E-state index < -0.39 is 55.3 Å². The van der Waals surface area contributed by atoms with Gasteiger partial charge in [-0.15, -0.1) is 0 Å². The smallest absolute Gasteiger partial charge is 0.183 e. The third kappa shape index (κ3) is 4.53. The molecule has 0 saturated carbocycles. The Balaban J connectivity index is 0.000000211. The van der Waals surface area contributed by atoms with Crippen LogP contribution in [0.2, 0.25) is 0 Å². The second kappa shape index (κ2) is 7.74. The summed E-state index contributed by atoms with van der Waals surface area (Å²) in [5.74, 6) is 0. The molecule has 0 spiro atoms. The molecule has 10 nitrogen and oxygen atoms in total. The summed E-state index contributed by atoms with van der Waals surface area (Å²) in [4.78, 5) is 0. The van der Waals surface area contributed by atoms with E-state index in [1.807, 2.05) is 0 Å². The van der Waals surface area contributed by atoms with Crippen LogP contribution in [-0.4, -0.2) is 103 Å². The normalized spacial score (nSPS) is 51.0. The van der Waals surface area contributed by atoms with Crippen LogP contribution in [0.3, 0.4) is 0 Å². The van der Waals surface area contributed by atoms with Gasteiger partial charge in [-0.05, 0) is 6.92 Å². The highest BCUT2D eigenvalue weighted by Crippen LogP contribution is 2.18. The lowest BCUT2D eigenvalue weighted by molar-refractivity contribution is -0.277. The van der Waals surface area contributed by atoms with Crippen molar-refractivity contribution in [1.82, 2.24) is 0 Å². The van der Waals surface area contributed by atoms with E-state index in [0.717, 1.165) is 0 Å². The van der Waals surface area contributed by atoms with Crippen LogP contribution in [0.4, 0.5) is 0 Å². The first-order valence-corrected chi connectivity index (χ1v) is 6.38. The maximum atomic E-state index is 9.09. The van der Waals surface area contributed by atoms with E-state index in [2.05, 4.69) is 9.47 Å². The molecular formula is C11H22O10. The van der Waals surface area contributed by atoms with E-state index in [-0.39, 0.29) is 6.61 Å². The summed E-state index contributed by atoms with van der Waals surface area (Å²) in [7, 11) is 0. The van der Waals surface area contributed by atoms with Gasteiger partial charge in [0.25, 0.3) is 0 Å². The summed E-state index contributed by atoms with van der Waals surface area (Å²) in [6.07, 6.45) is -11.2. The van der Waals surface area contributed by atoms with Gasteiger partial charge in [0.15, 0.2) is 12.6 Å². The third-order valence-corrected chi connectivity index (χ3v) is 3.30. The van der Waals surface area contributed by atoms with E-state index in [4.69, 9.17) is 40.9 Å². The Morgan fingerprint density at radius 3 is 1.71 bits per heavy atom. The second-order valence-corrected chi connectivity index (χ2v) is 4.98. The van der Waals surface area contributed by atoms with Crippen LogP contribution in [0.5, 0.6) is 0 Å². The molecule has 2 saturated heterocycles. The molecule has 0 amide bonds. The summed E-state index contributed by atoms with van der Waals surface area (Å²) in [6, 6.07) is 0. The predicted molar refractivity (Wildman–Crippen MR) is 64.6 cm³/mol. The van der Waals surface area contributed by atoms with E-state index in [0.29, 0.717) is 0 Å². The Hall–Kier alpha value is -0.400. The van der Waals surface area contributed by atoms with Gasteiger partial charge in [-0.1, -0.05) is 0 Å². The lowest BCUT2D eigenvalue weighted by Gasteiger charge is -2.36. The third-order valence-electron chi connectivity index (χ3n) is 3.30. The second-order valence-electron chi connectivity index (χ2n) is 4.98. The highest BCUT2D eigenvalue weighted by molar-refractivity contribution is 4.86. The minimum absolute atomic E-state index is 0.153. The average molecular weight is 314 g/mol. The van der Waals surface area contributed by atoms with Crippen molar-refractivity contribution >= 4 is 0 Å². The van der Waals surface area contributed by atoms with Crippen LogP contribution in [0.15, 0.2) is 0 Å². The SMILES string of the molecule is C[C@@H]1O[C@@H](O)[C@H](O)[C@H](O)[C@H]1O.OC1OC[C@@H](O)[C@H](O)[C@H]1O. The van der Waals surface area contributed by atoms with Gasteiger partial charge in [-0.3, -0.25) is 0 Å². The fourth-order valence-corrected chi connectivity index (χ4v) is 1.82. The maximum Gasteiger partial charge on any atom is 0.183 e. The molecule has 0 aromatic heterocycles. The molecule has 1 unspecified atom stereocenters. The zero-order chi connectivity index (χ0) is 16.3. The van der Waals surface area contributed by atoms with E-state index in [1.165, 1.54) is 6.92 Å². The number of hydrogen-bond acceptors (Lipinski definition) is 10. The fourth-order valence-electron chi connectivity index (χ4n) is 1.82. The van der Waals surface area contributed by atoms with Gasteiger partial charge in [-0.25, -0.2) is 0 Å². The van der Waals surface area contributed by atoms with Crippen molar-refractivity contribution in [2.75, 3.05) is 6.61 Å². The number of aliphatic hydroxyl groups excluding tert-OH is 8. The summed E-state index contributed by atoms with van der Waals surface area (Å²) in [5.41, 5.74) is 0. The van der Waals surface area contributed by atoms with Gasteiger partial charge in [0, 0.05) is 0 Å². The van der Waals surface area contributed by atoms with Crippen LogP contribution in [0.25, 0.3) is 0 Å². The number of hydrogen-bond donors (Lipinski definition) is 8. The van der Waals surface area contributed by atoms with Gasteiger partial charge >= 0.3 is 0 Å². The van der Waals surface area contributed by atoms with Gasteiger partial charge < -0.3 is 50.3 Å². The Kier molecular flexibility index (Phi) is 6.87. The molecule has 21 heavy (non-hydrogen) atoms. The van der Waals surface area contributed by atoms with Crippen LogP contribution >= 0.6 is 0 Å². The Morgan fingerprint density at radius 2 is 1.19 bits per heavy atom. The lowest BCUT2D eigenvalue weighted by Crippen LogP contribution is -2.56. The molecule has 2 fully saturated rings. The average Bonchev–Trinajstić information content (AvgIpc) is 2.45. The van der Waals surface area contributed by atoms with Crippen molar-refractivity contribution in [2.45, 2.75) is 62.2 Å². The molecule has 126 valence electrons. The molecule has 0 aromatic rings. The summed E-state index contributed by atoms with van der Waals surface area (Å²) in [5, 5.41) is 71.2. The van der Waals surface area contributed by atoms with Gasteiger partial charge in [0.2, 0.25) is 0 Å².